The number of carbonyl (C=O) groups is 1. The molecule has 2 N–H and O–H groups in total. The molecule has 1 aromatic carbocycles. The fourth-order valence-electron chi connectivity index (χ4n) is 3.57. The van der Waals surface area contributed by atoms with Gasteiger partial charge in [-0.1, -0.05) is 12.1 Å². The second-order valence-corrected chi connectivity index (χ2v) is 10.3. The Morgan fingerprint density at radius 3 is 2.74 bits per heavy atom. The molecule has 0 atom stereocenters. The Hall–Kier alpha value is -2.53. The van der Waals surface area contributed by atoms with E-state index in [-0.39, 0.29) is 11.5 Å². The molecular formula is C21H23N3O5S2. The predicted octanol–water partition coefficient (Wildman–Crippen LogP) is 2.87. The van der Waals surface area contributed by atoms with Crippen LogP contribution in [0.25, 0.3) is 10.2 Å². The van der Waals surface area contributed by atoms with Gasteiger partial charge >= 0.3 is 5.97 Å². The van der Waals surface area contributed by atoms with Crippen molar-refractivity contribution in [2.75, 3.05) is 32.0 Å². The van der Waals surface area contributed by atoms with E-state index in [9.17, 15) is 13.2 Å². The third-order valence-corrected chi connectivity index (χ3v) is 8.06. The smallest absolute Gasteiger partial charge is 0.350 e. The SMILES string of the molecule is Cc1cc(C)c2c(N)c(C(=O)OCc3cccc(S(=O)(=O)N4CCOCC4)c3)sc2n1. The molecule has 0 bridgehead atoms. The van der Waals surface area contributed by atoms with Crippen LogP contribution in [0.2, 0.25) is 0 Å². The highest BCUT2D eigenvalue weighted by atomic mass is 32.2. The number of aryl methyl sites for hydroxylation is 2. The molecule has 10 heteroatoms. The Bertz CT molecular complexity index is 1250. The number of anilines is 1. The number of hydrogen-bond donors (Lipinski definition) is 1. The molecule has 0 radical (unpaired) electrons. The van der Waals surface area contributed by atoms with E-state index in [4.69, 9.17) is 15.2 Å². The van der Waals surface area contributed by atoms with Crippen molar-refractivity contribution in [1.82, 2.24) is 9.29 Å². The number of hydrogen-bond acceptors (Lipinski definition) is 8. The molecule has 31 heavy (non-hydrogen) atoms. The lowest BCUT2D eigenvalue weighted by molar-refractivity contribution is 0.0479. The summed E-state index contributed by atoms with van der Waals surface area (Å²) in [4.78, 5) is 18.3. The summed E-state index contributed by atoms with van der Waals surface area (Å²) in [5.74, 6) is -0.556. The number of morpholine rings is 1. The van der Waals surface area contributed by atoms with E-state index in [0.29, 0.717) is 47.3 Å². The van der Waals surface area contributed by atoms with Crippen LogP contribution in [-0.4, -0.2) is 50.0 Å². The highest BCUT2D eigenvalue weighted by molar-refractivity contribution is 7.89. The number of pyridine rings is 1. The summed E-state index contributed by atoms with van der Waals surface area (Å²) in [5, 5.41) is 0.765. The lowest BCUT2D eigenvalue weighted by atomic mass is 10.1. The Kier molecular flexibility index (Phi) is 5.98. The molecule has 1 saturated heterocycles. The fourth-order valence-corrected chi connectivity index (χ4v) is 6.16. The van der Waals surface area contributed by atoms with Crippen LogP contribution in [-0.2, 0) is 26.1 Å². The number of benzene rings is 1. The number of nitrogens with zero attached hydrogens (tertiary/aromatic N) is 2. The minimum Gasteiger partial charge on any atom is -0.457 e. The van der Waals surface area contributed by atoms with Gasteiger partial charge in [-0.3, -0.25) is 0 Å². The molecular weight excluding hydrogens is 438 g/mol. The van der Waals surface area contributed by atoms with Crippen LogP contribution in [0.5, 0.6) is 0 Å². The lowest BCUT2D eigenvalue weighted by Gasteiger charge is -2.26. The third-order valence-electron chi connectivity index (χ3n) is 5.09. The summed E-state index contributed by atoms with van der Waals surface area (Å²) in [5.41, 5.74) is 8.94. The number of esters is 1. The molecule has 3 heterocycles. The van der Waals surface area contributed by atoms with Gasteiger partial charge in [0, 0.05) is 24.2 Å². The molecule has 164 valence electrons. The van der Waals surface area contributed by atoms with Crippen molar-refractivity contribution in [2.45, 2.75) is 25.3 Å². The van der Waals surface area contributed by atoms with Gasteiger partial charge in [0.05, 0.1) is 23.8 Å². The quantitative estimate of drug-likeness (QED) is 0.582. The topological polar surface area (TPSA) is 112 Å². The summed E-state index contributed by atoms with van der Waals surface area (Å²) in [7, 11) is -3.62. The van der Waals surface area contributed by atoms with Gasteiger partial charge in [0.25, 0.3) is 0 Å². The monoisotopic (exact) mass is 461 g/mol. The van der Waals surface area contributed by atoms with Gasteiger partial charge in [-0.25, -0.2) is 18.2 Å². The molecule has 0 unspecified atom stereocenters. The molecule has 0 amide bonds. The fraction of sp³-hybridized carbons (Fsp3) is 0.333. The normalized spacial score (nSPS) is 15.3. The lowest BCUT2D eigenvalue weighted by Crippen LogP contribution is -2.40. The minimum atomic E-state index is -3.62. The van der Waals surface area contributed by atoms with Crippen LogP contribution >= 0.6 is 11.3 Å². The van der Waals surface area contributed by atoms with Crippen LogP contribution in [0.3, 0.4) is 0 Å². The maximum atomic E-state index is 12.8. The number of thiophene rings is 1. The van der Waals surface area contributed by atoms with Gasteiger partial charge in [-0.05, 0) is 43.2 Å². The van der Waals surface area contributed by atoms with Crippen LogP contribution in [0.15, 0.2) is 35.2 Å². The van der Waals surface area contributed by atoms with Gasteiger partial charge in [-0.15, -0.1) is 11.3 Å². The zero-order chi connectivity index (χ0) is 22.2. The predicted molar refractivity (Wildman–Crippen MR) is 119 cm³/mol. The van der Waals surface area contributed by atoms with Crippen LogP contribution in [0.4, 0.5) is 5.69 Å². The summed E-state index contributed by atoms with van der Waals surface area (Å²) in [6.45, 7) is 5.14. The van der Waals surface area contributed by atoms with E-state index in [1.807, 2.05) is 19.9 Å². The van der Waals surface area contributed by atoms with E-state index in [1.165, 1.54) is 27.8 Å². The molecule has 1 aliphatic heterocycles. The van der Waals surface area contributed by atoms with Crippen molar-refractivity contribution < 1.29 is 22.7 Å². The summed E-state index contributed by atoms with van der Waals surface area (Å²) >= 11 is 1.20. The molecule has 8 nitrogen and oxygen atoms in total. The highest BCUT2D eigenvalue weighted by Crippen LogP contribution is 2.35. The van der Waals surface area contributed by atoms with Crippen LogP contribution in [0, 0.1) is 13.8 Å². The number of nitrogens with two attached hydrogens (primary N) is 1. The van der Waals surface area contributed by atoms with Crippen molar-refractivity contribution in [3.05, 3.63) is 52.0 Å². The summed E-state index contributed by atoms with van der Waals surface area (Å²) in [6, 6.07) is 8.34. The molecule has 4 rings (SSSR count). The third kappa shape index (κ3) is 4.29. The molecule has 2 aromatic heterocycles. The number of sulfonamides is 1. The van der Waals surface area contributed by atoms with Crippen molar-refractivity contribution >= 4 is 43.2 Å². The number of rotatable bonds is 5. The zero-order valence-corrected chi connectivity index (χ0v) is 18.9. The summed E-state index contributed by atoms with van der Waals surface area (Å²) in [6.07, 6.45) is 0. The first kappa shape index (κ1) is 21.7. The highest BCUT2D eigenvalue weighted by Gasteiger charge is 2.26. The zero-order valence-electron chi connectivity index (χ0n) is 17.3. The van der Waals surface area contributed by atoms with Gasteiger partial charge in [-0.2, -0.15) is 4.31 Å². The number of carbonyl (C=O) groups excluding carboxylic acids is 1. The second-order valence-electron chi connectivity index (χ2n) is 7.35. The standard InChI is InChI=1S/C21H23N3O5S2/c1-13-10-14(2)23-20-17(13)18(22)19(30-20)21(25)29-12-15-4-3-5-16(11-15)31(26,27)24-6-8-28-9-7-24/h3-5,10-11H,6-9,12,22H2,1-2H3. The van der Waals surface area contributed by atoms with E-state index >= 15 is 0 Å². The Labute approximate surface area is 184 Å². The molecule has 1 fully saturated rings. The Balaban J connectivity index is 1.52. The first-order valence-electron chi connectivity index (χ1n) is 9.77. The number of aromatic nitrogens is 1. The average molecular weight is 462 g/mol. The second kappa shape index (κ2) is 8.54. The van der Waals surface area contributed by atoms with E-state index in [2.05, 4.69) is 4.98 Å². The van der Waals surface area contributed by atoms with Crippen molar-refractivity contribution in [3.63, 3.8) is 0 Å². The first-order chi connectivity index (χ1) is 14.8. The maximum absolute atomic E-state index is 12.8. The molecule has 1 aliphatic rings. The Morgan fingerprint density at radius 1 is 1.26 bits per heavy atom. The first-order valence-corrected chi connectivity index (χ1v) is 12.0. The molecule has 0 spiro atoms. The van der Waals surface area contributed by atoms with Crippen LogP contribution < -0.4 is 5.73 Å². The van der Waals surface area contributed by atoms with Gasteiger partial charge in [0.1, 0.15) is 16.3 Å². The molecule has 3 aromatic rings. The number of nitrogen functional groups attached to an aromatic ring is 1. The maximum Gasteiger partial charge on any atom is 0.350 e. The van der Waals surface area contributed by atoms with E-state index < -0.39 is 16.0 Å². The summed E-state index contributed by atoms with van der Waals surface area (Å²) < 4.78 is 37.8. The average Bonchev–Trinajstić information content (AvgIpc) is 3.09. The van der Waals surface area contributed by atoms with Gasteiger partial charge in [0.2, 0.25) is 10.0 Å². The number of fused-ring (bicyclic) bond motifs is 1. The van der Waals surface area contributed by atoms with Gasteiger partial charge in [0.15, 0.2) is 0 Å². The molecule has 0 saturated carbocycles. The van der Waals surface area contributed by atoms with E-state index in [1.54, 1.807) is 12.1 Å². The van der Waals surface area contributed by atoms with Crippen molar-refractivity contribution in [2.24, 2.45) is 0 Å². The minimum absolute atomic E-state index is 0.0651. The Morgan fingerprint density at radius 2 is 2.00 bits per heavy atom. The van der Waals surface area contributed by atoms with Crippen LogP contribution in [0.1, 0.15) is 26.5 Å². The largest absolute Gasteiger partial charge is 0.457 e. The van der Waals surface area contributed by atoms with Crippen molar-refractivity contribution in [3.8, 4) is 0 Å². The molecule has 0 aliphatic carbocycles. The van der Waals surface area contributed by atoms with E-state index in [0.717, 1.165) is 16.6 Å². The van der Waals surface area contributed by atoms with Crippen molar-refractivity contribution in [1.29, 1.82) is 0 Å². The van der Waals surface area contributed by atoms with Gasteiger partial charge < -0.3 is 15.2 Å². The number of ether oxygens (including phenoxy) is 2.